The van der Waals surface area contributed by atoms with Gasteiger partial charge < -0.3 is 10.1 Å². The predicted molar refractivity (Wildman–Crippen MR) is 108 cm³/mol. The number of hydrogen-bond donors (Lipinski definition) is 2. The van der Waals surface area contributed by atoms with E-state index in [4.69, 9.17) is 4.74 Å². The van der Waals surface area contributed by atoms with Crippen molar-refractivity contribution in [1.29, 1.82) is 0 Å². The van der Waals surface area contributed by atoms with E-state index in [1.54, 1.807) is 17.1 Å². The molecule has 0 radical (unpaired) electrons. The minimum atomic E-state index is -0.266. The lowest BCUT2D eigenvalue weighted by Gasteiger charge is -2.19. The Kier molecular flexibility index (Phi) is 4.78. The third-order valence-electron chi connectivity index (χ3n) is 4.92. The Labute approximate surface area is 163 Å². The number of nitrogens with one attached hydrogen (secondary N) is 2. The number of fused-ring (bicyclic) bond motifs is 1. The Morgan fingerprint density at radius 3 is 2.86 bits per heavy atom. The third kappa shape index (κ3) is 3.85. The molecule has 3 aromatic rings. The van der Waals surface area contributed by atoms with Gasteiger partial charge >= 0.3 is 0 Å². The highest BCUT2D eigenvalue weighted by Crippen LogP contribution is 2.23. The van der Waals surface area contributed by atoms with Crippen molar-refractivity contribution in [2.75, 3.05) is 5.32 Å². The molecular formula is C20H26N6O2. The van der Waals surface area contributed by atoms with Gasteiger partial charge in [0, 0.05) is 18.8 Å². The molecule has 3 heterocycles. The number of ether oxygens (including phenoxy) is 1. The Hall–Kier alpha value is -2.90. The van der Waals surface area contributed by atoms with E-state index in [9.17, 15) is 4.79 Å². The average Bonchev–Trinajstić information content (AvgIpc) is 3.29. The molecule has 0 amide bonds. The SMILES string of the molecule is CC(C)(C)n1ncc2c(=O)[nH]c(NCc3ccnc(OC4CCCC4)c3)nc21. The highest BCUT2D eigenvalue weighted by atomic mass is 16.5. The van der Waals surface area contributed by atoms with Crippen molar-refractivity contribution in [3.05, 3.63) is 40.4 Å². The monoisotopic (exact) mass is 382 g/mol. The van der Waals surface area contributed by atoms with E-state index in [-0.39, 0.29) is 17.2 Å². The summed E-state index contributed by atoms with van der Waals surface area (Å²) in [6.07, 6.45) is 8.21. The summed E-state index contributed by atoms with van der Waals surface area (Å²) in [5.74, 6) is 1.06. The van der Waals surface area contributed by atoms with E-state index < -0.39 is 0 Å². The van der Waals surface area contributed by atoms with E-state index in [0.29, 0.717) is 29.4 Å². The van der Waals surface area contributed by atoms with Gasteiger partial charge in [-0.1, -0.05) is 0 Å². The van der Waals surface area contributed by atoms with Gasteiger partial charge in [0.1, 0.15) is 11.5 Å². The molecule has 1 aliphatic rings. The standard InChI is InChI=1S/C20H26N6O2/c1-20(2,3)26-17-15(12-23-26)18(27)25-19(24-17)22-11-13-8-9-21-16(10-13)28-14-6-4-5-7-14/h8-10,12,14H,4-7,11H2,1-3H3,(H2,22,24,25,27). The van der Waals surface area contributed by atoms with Crippen LogP contribution in [0.3, 0.4) is 0 Å². The maximum absolute atomic E-state index is 12.4. The van der Waals surface area contributed by atoms with Crippen molar-refractivity contribution in [3.63, 3.8) is 0 Å². The summed E-state index contributed by atoms with van der Waals surface area (Å²) in [4.78, 5) is 24.0. The second kappa shape index (κ2) is 7.26. The van der Waals surface area contributed by atoms with E-state index in [2.05, 4.69) is 25.4 Å². The lowest BCUT2D eigenvalue weighted by molar-refractivity contribution is 0.201. The van der Waals surface area contributed by atoms with Crippen LogP contribution in [0.2, 0.25) is 0 Å². The smallest absolute Gasteiger partial charge is 0.263 e. The quantitative estimate of drug-likeness (QED) is 0.703. The average molecular weight is 382 g/mol. The van der Waals surface area contributed by atoms with Gasteiger partial charge in [-0.05, 0) is 58.1 Å². The van der Waals surface area contributed by atoms with Gasteiger partial charge in [0.2, 0.25) is 11.8 Å². The first-order chi connectivity index (χ1) is 13.4. The summed E-state index contributed by atoms with van der Waals surface area (Å²) in [5.41, 5.74) is 1.11. The number of H-pyrrole nitrogens is 1. The van der Waals surface area contributed by atoms with Gasteiger partial charge in [-0.3, -0.25) is 9.78 Å². The Morgan fingerprint density at radius 2 is 2.11 bits per heavy atom. The number of hydrogen-bond acceptors (Lipinski definition) is 6. The first-order valence-electron chi connectivity index (χ1n) is 9.74. The summed E-state index contributed by atoms with van der Waals surface area (Å²) >= 11 is 0. The molecule has 148 valence electrons. The van der Waals surface area contributed by atoms with Gasteiger partial charge in [-0.2, -0.15) is 10.1 Å². The van der Waals surface area contributed by atoms with Crippen molar-refractivity contribution in [2.24, 2.45) is 0 Å². The maximum Gasteiger partial charge on any atom is 0.263 e. The number of nitrogens with zero attached hydrogens (tertiary/aromatic N) is 4. The molecule has 8 nitrogen and oxygen atoms in total. The van der Waals surface area contributed by atoms with Crippen molar-refractivity contribution < 1.29 is 4.74 Å². The first-order valence-corrected chi connectivity index (χ1v) is 9.74. The number of pyridine rings is 1. The van der Waals surface area contributed by atoms with Gasteiger partial charge in [-0.25, -0.2) is 9.67 Å². The zero-order chi connectivity index (χ0) is 19.7. The second-order valence-electron chi connectivity index (χ2n) is 8.26. The molecule has 8 heteroatoms. The van der Waals surface area contributed by atoms with Crippen LogP contribution in [0.1, 0.15) is 52.0 Å². The highest BCUT2D eigenvalue weighted by molar-refractivity contribution is 5.74. The van der Waals surface area contributed by atoms with Crippen LogP contribution >= 0.6 is 0 Å². The van der Waals surface area contributed by atoms with Crippen LogP contribution < -0.4 is 15.6 Å². The zero-order valence-electron chi connectivity index (χ0n) is 16.5. The largest absolute Gasteiger partial charge is 0.474 e. The molecular weight excluding hydrogens is 356 g/mol. The topological polar surface area (TPSA) is 97.7 Å². The van der Waals surface area contributed by atoms with Gasteiger partial charge in [0.25, 0.3) is 5.56 Å². The van der Waals surface area contributed by atoms with Crippen molar-refractivity contribution in [2.45, 2.75) is 64.6 Å². The number of aromatic nitrogens is 5. The lowest BCUT2D eigenvalue weighted by atomic mass is 10.1. The minimum Gasteiger partial charge on any atom is -0.474 e. The molecule has 2 N–H and O–H groups in total. The molecule has 0 spiro atoms. The summed E-state index contributed by atoms with van der Waals surface area (Å²) in [6.45, 7) is 6.58. The molecule has 28 heavy (non-hydrogen) atoms. The molecule has 1 saturated carbocycles. The third-order valence-corrected chi connectivity index (χ3v) is 4.92. The fourth-order valence-electron chi connectivity index (χ4n) is 3.48. The zero-order valence-corrected chi connectivity index (χ0v) is 16.5. The fraction of sp³-hybridized carbons (Fsp3) is 0.500. The summed E-state index contributed by atoms with van der Waals surface area (Å²) < 4.78 is 7.73. The van der Waals surface area contributed by atoms with Crippen LogP contribution in [-0.4, -0.2) is 30.8 Å². The van der Waals surface area contributed by atoms with Gasteiger partial charge in [0.05, 0.1) is 11.7 Å². The van der Waals surface area contributed by atoms with E-state index >= 15 is 0 Å². The molecule has 0 atom stereocenters. The molecule has 0 unspecified atom stereocenters. The number of anilines is 1. The van der Waals surface area contributed by atoms with E-state index in [1.165, 1.54) is 12.8 Å². The van der Waals surface area contributed by atoms with Crippen LogP contribution in [0.5, 0.6) is 5.88 Å². The molecule has 0 bridgehead atoms. The van der Waals surface area contributed by atoms with Crippen LogP contribution in [0, 0.1) is 0 Å². The minimum absolute atomic E-state index is 0.206. The molecule has 4 rings (SSSR count). The molecule has 0 saturated heterocycles. The second-order valence-corrected chi connectivity index (χ2v) is 8.26. The van der Waals surface area contributed by atoms with Crippen molar-refractivity contribution in [1.82, 2.24) is 24.7 Å². The first kappa shape index (κ1) is 18.5. The Bertz CT molecular complexity index is 1030. The van der Waals surface area contributed by atoms with Gasteiger partial charge in [0.15, 0.2) is 5.65 Å². The predicted octanol–water partition coefficient (Wildman–Crippen LogP) is 3.20. The van der Waals surface area contributed by atoms with Crippen LogP contribution in [0.15, 0.2) is 29.3 Å². The summed E-state index contributed by atoms with van der Waals surface area (Å²) in [5, 5.41) is 8.00. The van der Waals surface area contributed by atoms with Crippen molar-refractivity contribution in [3.8, 4) is 5.88 Å². The summed E-state index contributed by atoms with van der Waals surface area (Å²) in [7, 11) is 0. The van der Waals surface area contributed by atoms with Gasteiger partial charge in [-0.15, -0.1) is 0 Å². The maximum atomic E-state index is 12.4. The van der Waals surface area contributed by atoms with E-state index in [1.807, 2.05) is 32.9 Å². The highest BCUT2D eigenvalue weighted by Gasteiger charge is 2.20. The lowest BCUT2D eigenvalue weighted by Crippen LogP contribution is -2.24. The van der Waals surface area contributed by atoms with Crippen LogP contribution in [0.4, 0.5) is 5.95 Å². The number of aromatic amines is 1. The fourth-order valence-corrected chi connectivity index (χ4v) is 3.48. The molecule has 0 aromatic carbocycles. The normalized spacial score (nSPS) is 15.2. The molecule has 0 aliphatic heterocycles. The molecule has 3 aromatic heterocycles. The molecule has 1 aliphatic carbocycles. The number of rotatable bonds is 5. The summed E-state index contributed by atoms with van der Waals surface area (Å²) in [6, 6.07) is 3.85. The van der Waals surface area contributed by atoms with Crippen molar-refractivity contribution >= 4 is 17.0 Å². The van der Waals surface area contributed by atoms with Crippen LogP contribution in [0.25, 0.3) is 11.0 Å². The molecule has 1 fully saturated rings. The van der Waals surface area contributed by atoms with E-state index in [0.717, 1.165) is 18.4 Å². The van der Waals surface area contributed by atoms with Crippen LogP contribution in [-0.2, 0) is 12.1 Å². The Balaban J connectivity index is 1.52. The Morgan fingerprint density at radius 1 is 1.32 bits per heavy atom.